The van der Waals surface area contributed by atoms with Crippen LogP contribution in [0.15, 0.2) is 36.1 Å². The molecule has 92 valence electrons. The number of carbonyl (C=O) groups is 1. The molecule has 1 heterocycles. The Morgan fingerprint density at radius 1 is 1.35 bits per heavy atom. The van der Waals surface area contributed by atoms with Gasteiger partial charge in [0.25, 0.3) is 5.91 Å². The molecule has 2 rings (SSSR count). The van der Waals surface area contributed by atoms with Gasteiger partial charge in [-0.3, -0.25) is 4.79 Å². The number of allylic oxidation sites excluding steroid dienone is 5. The second kappa shape index (κ2) is 3.73. The standard InChI is InChI=1S/C11H14N2O3S/c1-11(2)6-3-4-9(5-7-11)13-8-10(14)12-17(13,15)16/h3-7H,8H2,1-2H3,(H,12,14). The fraction of sp³-hybridized carbons (Fsp3) is 0.364. The SMILES string of the molecule is CC1(C)C=CC=C(N2CC(=O)NS2(=O)=O)C=C1. The minimum atomic E-state index is -3.71. The van der Waals surface area contributed by atoms with Crippen molar-refractivity contribution in [2.75, 3.05) is 6.54 Å². The van der Waals surface area contributed by atoms with E-state index in [0.717, 1.165) is 4.31 Å². The molecule has 0 radical (unpaired) electrons. The minimum Gasteiger partial charge on any atom is -0.272 e. The van der Waals surface area contributed by atoms with Gasteiger partial charge in [0.1, 0.15) is 6.54 Å². The van der Waals surface area contributed by atoms with Gasteiger partial charge in [0, 0.05) is 5.41 Å². The molecule has 1 aliphatic heterocycles. The van der Waals surface area contributed by atoms with Crippen molar-refractivity contribution in [1.29, 1.82) is 0 Å². The first-order valence-electron chi connectivity index (χ1n) is 5.22. The van der Waals surface area contributed by atoms with Crippen LogP contribution in [0.2, 0.25) is 0 Å². The minimum absolute atomic E-state index is 0.126. The van der Waals surface area contributed by atoms with Crippen LogP contribution in [-0.2, 0) is 15.0 Å². The van der Waals surface area contributed by atoms with Crippen molar-refractivity contribution < 1.29 is 13.2 Å². The predicted octanol–water partition coefficient (Wildman–Crippen LogP) is 0.699. The fourth-order valence-electron chi connectivity index (χ4n) is 1.65. The van der Waals surface area contributed by atoms with Crippen molar-refractivity contribution >= 4 is 16.1 Å². The number of carbonyl (C=O) groups excluding carboxylic acids is 1. The molecular formula is C11H14N2O3S. The molecule has 2 aliphatic rings. The fourth-order valence-corrected chi connectivity index (χ4v) is 2.80. The zero-order valence-corrected chi connectivity index (χ0v) is 10.5. The molecule has 6 heteroatoms. The Balaban J connectivity index is 2.35. The summed E-state index contributed by atoms with van der Waals surface area (Å²) in [4.78, 5) is 11.1. The van der Waals surface area contributed by atoms with Gasteiger partial charge in [0.05, 0.1) is 5.70 Å². The summed E-state index contributed by atoms with van der Waals surface area (Å²) in [5.74, 6) is -0.508. The second-order valence-corrected chi connectivity index (χ2v) is 6.24. The maximum atomic E-state index is 11.6. The molecule has 0 atom stereocenters. The molecule has 0 aromatic carbocycles. The highest BCUT2D eigenvalue weighted by atomic mass is 32.2. The Morgan fingerprint density at radius 2 is 2.06 bits per heavy atom. The van der Waals surface area contributed by atoms with Crippen LogP contribution in [0, 0.1) is 5.41 Å². The van der Waals surface area contributed by atoms with Gasteiger partial charge in [-0.25, -0.2) is 9.03 Å². The quantitative estimate of drug-likeness (QED) is 0.749. The van der Waals surface area contributed by atoms with E-state index < -0.39 is 16.1 Å². The Hall–Kier alpha value is -1.56. The van der Waals surface area contributed by atoms with E-state index in [1.165, 1.54) is 0 Å². The number of nitrogens with one attached hydrogen (secondary N) is 1. The Kier molecular flexibility index (Phi) is 2.61. The molecule has 0 unspecified atom stereocenters. The molecule has 17 heavy (non-hydrogen) atoms. The Bertz CT molecular complexity index is 541. The lowest BCUT2D eigenvalue weighted by atomic mass is 9.93. The first kappa shape index (κ1) is 11.9. The third kappa shape index (κ3) is 2.41. The summed E-state index contributed by atoms with van der Waals surface area (Å²) in [5.41, 5.74) is 0.365. The van der Waals surface area contributed by atoms with E-state index in [4.69, 9.17) is 0 Å². The number of hydrogen-bond donors (Lipinski definition) is 1. The van der Waals surface area contributed by atoms with Gasteiger partial charge in [0.2, 0.25) is 0 Å². The molecule has 1 aliphatic carbocycles. The number of nitrogens with zero attached hydrogens (tertiary/aromatic N) is 1. The Morgan fingerprint density at radius 3 is 2.65 bits per heavy atom. The summed E-state index contributed by atoms with van der Waals surface area (Å²) in [5, 5.41) is 0. The Labute approximate surface area is 101 Å². The normalized spacial score (nSPS) is 25.4. The summed E-state index contributed by atoms with van der Waals surface area (Å²) >= 11 is 0. The molecule has 1 N–H and O–H groups in total. The third-order valence-electron chi connectivity index (χ3n) is 2.58. The topological polar surface area (TPSA) is 66.5 Å². The maximum absolute atomic E-state index is 11.6. The zero-order valence-electron chi connectivity index (χ0n) is 9.67. The zero-order chi connectivity index (χ0) is 12.7. The molecular weight excluding hydrogens is 240 g/mol. The lowest BCUT2D eigenvalue weighted by Gasteiger charge is -2.16. The molecule has 0 aromatic rings. The molecule has 0 aromatic heterocycles. The second-order valence-electron chi connectivity index (χ2n) is 4.64. The average Bonchev–Trinajstić information content (AvgIpc) is 2.35. The van der Waals surface area contributed by atoms with Crippen molar-refractivity contribution in [3.05, 3.63) is 36.1 Å². The van der Waals surface area contributed by atoms with Crippen LogP contribution in [0.4, 0.5) is 0 Å². The van der Waals surface area contributed by atoms with Crippen LogP contribution < -0.4 is 4.72 Å². The van der Waals surface area contributed by atoms with Crippen molar-refractivity contribution in [3.8, 4) is 0 Å². The van der Waals surface area contributed by atoms with E-state index in [0.29, 0.717) is 5.70 Å². The van der Waals surface area contributed by atoms with E-state index in [2.05, 4.69) is 0 Å². The van der Waals surface area contributed by atoms with Gasteiger partial charge in [-0.2, -0.15) is 8.42 Å². The van der Waals surface area contributed by atoms with Crippen molar-refractivity contribution in [1.82, 2.24) is 9.03 Å². The molecule has 1 saturated heterocycles. The summed E-state index contributed by atoms with van der Waals surface area (Å²) in [6.07, 6.45) is 9.07. The summed E-state index contributed by atoms with van der Waals surface area (Å²) < 4.78 is 26.3. The van der Waals surface area contributed by atoms with Crippen LogP contribution in [0.25, 0.3) is 0 Å². The number of hydrogen-bond acceptors (Lipinski definition) is 3. The van der Waals surface area contributed by atoms with Gasteiger partial charge in [0.15, 0.2) is 0 Å². The number of rotatable bonds is 1. The van der Waals surface area contributed by atoms with Crippen molar-refractivity contribution in [2.24, 2.45) is 5.41 Å². The van der Waals surface area contributed by atoms with Crippen LogP contribution in [-0.4, -0.2) is 25.2 Å². The largest absolute Gasteiger partial charge is 0.326 e. The van der Waals surface area contributed by atoms with Crippen LogP contribution in [0.5, 0.6) is 0 Å². The maximum Gasteiger partial charge on any atom is 0.326 e. The number of amides is 1. The highest BCUT2D eigenvalue weighted by molar-refractivity contribution is 7.88. The van der Waals surface area contributed by atoms with Crippen LogP contribution >= 0.6 is 0 Å². The smallest absolute Gasteiger partial charge is 0.272 e. The molecule has 1 amide bonds. The van der Waals surface area contributed by atoms with Gasteiger partial charge < -0.3 is 0 Å². The molecule has 5 nitrogen and oxygen atoms in total. The van der Waals surface area contributed by atoms with Crippen LogP contribution in [0.3, 0.4) is 0 Å². The summed E-state index contributed by atoms with van der Waals surface area (Å²) in [6.45, 7) is 3.87. The third-order valence-corrected chi connectivity index (χ3v) is 3.99. The molecule has 0 saturated carbocycles. The van der Waals surface area contributed by atoms with Crippen LogP contribution in [0.1, 0.15) is 13.8 Å². The lowest BCUT2D eigenvalue weighted by molar-refractivity contribution is -0.118. The van der Waals surface area contributed by atoms with Gasteiger partial charge in [-0.05, 0) is 12.2 Å². The van der Waals surface area contributed by atoms with E-state index in [9.17, 15) is 13.2 Å². The monoisotopic (exact) mass is 254 g/mol. The lowest BCUT2D eigenvalue weighted by Crippen LogP contribution is -2.28. The highest BCUT2D eigenvalue weighted by Crippen LogP contribution is 2.25. The molecule has 0 spiro atoms. The molecule has 0 bridgehead atoms. The average molecular weight is 254 g/mol. The summed E-state index contributed by atoms with van der Waals surface area (Å²) in [7, 11) is -3.71. The highest BCUT2D eigenvalue weighted by Gasteiger charge is 2.34. The van der Waals surface area contributed by atoms with E-state index in [1.807, 2.05) is 30.7 Å². The van der Waals surface area contributed by atoms with Crippen molar-refractivity contribution in [2.45, 2.75) is 13.8 Å². The molecule has 1 fully saturated rings. The van der Waals surface area contributed by atoms with Gasteiger partial charge in [-0.15, -0.1) is 0 Å². The van der Waals surface area contributed by atoms with E-state index in [-0.39, 0.29) is 12.0 Å². The van der Waals surface area contributed by atoms with E-state index >= 15 is 0 Å². The first-order valence-corrected chi connectivity index (χ1v) is 6.66. The van der Waals surface area contributed by atoms with Crippen molar-refractivity contribution in [3.63, 3.8) is 0 Å². The first-order chi connectivity index (χ1) is 7.80. The summed E-state index contributed by atoms with van der Waals surface area (Å²) in [6, 6.07) is 0. The van der Waals surface area contributed by atoms with E-state index in [1.54, 1.807) is 18.2 Å². The van der Waals surface area contributed by atoms with Gasteiger partial charge in [-0.1, -0.05) is 32.1 Å². The van der Waals surface area contributed by atoms with Gasteiger partial charge >= 0.3 is 10.2 Å². The predicted molar refractivity (Wildman–Crippen MR) is 63.9 cm³/mol.